The lowest BCUT2D eigenvalue weighted by Crippen LogP contribution is -2.39. The number of hydrogen-bond donors (Lipinski definition) is 2. The van der Waals surface area contributed by atoms with Crippen LogP contribution in [0.2, 0.25) is 0 Å². The number of ether oxygens (including phenoxy) is 2. The molecule has 0 radical (unpaired) electrons. The molecule has 0 aliphatic heterocycles. The van der Waals surface area contributed by atoms with Crippen molar-refractivity contribution in [1.82, 2.24) is 0 Å². The average Bonchev–Trinajstić information content (AvgIpc) is 2.33. The van der Waals surface area contributed by atoms with Crippen molar-refractivity contribution in [2.45, 2.75) is 19.9 Å². The third kappa shape index (κ3) is 5.46. The van der Waals surface area contributed by atoms with Gasteiger partial charge in [0.2, 0.25) is 5.91 Å². The van der Waals surface area contributed by atoms with E-state index < -0.39 is 6.04 Å². The topological polar surface area (TPSA) is 73.6 Å². The van der Waals surface area contributed by atoms with Gasteiger partial charge in [-0.15, -0.1) is 12.4 Å². The standard InChI is InChI=1S/C13H20N2O3.ClH/c1-4-18-12-7-9(2)5-6-11(12)15-13(16)10(14)8-17-3;/h5-7,10H,4,8,14H2,1-3H3,(H,15,16);1H. The lowest BCUT2D eigenvalue weighted by atomic mass is 10.2. The zero-order chi connectivity index (χ0) is 13.5. The molecule has 1 atom stereocenters. The smallest absolute Gasteiger partial charge is 0.243 e. The van der Waals surface area contributed by atoms with E-state index in [2.05, 4.69) is 5.32 Å². The molecule has 19 heavy (non-hydrogen) atoms. The highest BCUT2D eigenvalue weighted by Crippen LogP contribution is 2.25. The van der Waals surface area contributed by atoms with Gasteiger partial charge in [0.25, 0.3) is 0 Å². The zero-order valence-electron chi connectivity index (χ0n) is 11.4. The van der Waals surface area contributed by atoms with Gasteiger partial charge >= 0.3 is 0 Å². The van der Waals surface area contributed by atoms with Gasteiger partial charge in [0.05, 0.1) is 18.9 Å². The quantitative estimate of drug-likeness (QED) is 0.836. The van der Waals surface area contributed by atoms with Crippen LogP contribution in [0, 0.1) is 6.92 Å². The largest absolute Gasteiger partial charge is 0.492 e. The third-order valence-corrected chi connectivity index (χ3v) is 2.38. The van der Waals surface area contributed by atoms with Crippen molar-refractivity contribution in [3.05, 3.63) is 23.8 Å². The first kappa shape index (κ1) is 17.7. The normalized spacial score (nSPS) is 11.4. The van der Waals surface area contributed by atoms with Crippen molar-refractivity contribution < 1.29 is 14.3 Å². The molecule has 0 saturated carbocycles. The van der Waals surface area contributed by atoms with Crippen LogP contribution in [0.1, 0.15) is 12.5 Å². The Balaban J connectivity index is 0.00000324. The molecule has 5 nitrogen and oxygen atoms in total. The van der Waals surface area contributed by atoms with Gasteiger partial charge in [-0.25, -0.2) is 0 Å². The molecule has 1 unspecified atom stereocenters. The van der Waals surface area contributed by atoms with E-state index >= 15 is 0 Å². The summed E-state index contributed by atoms with van der Waals surface area (Å²) in [7, 11) is 1.50. The SMILES string of the molecule is CCOc1cc(C)ccc1NC(=O)C(N)COC.Cl. The number of carbonyl (C=O) groups is 1. The van der Waals surface area contributed by atoms with E-state index in [1.807, 2.05) is 26.0 Å². The van der Waals surface area contributed by atoms with Gasteiger partial charge in [0, 0.05) is 7.11 Å². The third-order valence-electron chi connectivity index (χ3n) is 2.38. The van der Waals surface area contributed by atoms with Crippen molar-refractivity contribution in [1.29, 1.82) is 0 Å². The number of rotatable bonds is 6. The fourth-order valence-electron chi connectivity index (χ4n) is 1.49. The zero-order valence-corrected chi connectivity index (χ0v) is 12.3. The van der Waals surface area contributed by atoms with E-state index in [0.717, 1.165) is 5.56 Å². The number of amides is 1. The molecule has 1 aromatic rings. The minimum absolute atomic E-state index is 0. The summed E-state index contributed by atoms with van der Waals surface area (Å²) in [5, 5.41) is 2.74. The van der Waals surface area contributed by atoms with Crippen LogP contribution in [0.15, 0.2) is 18.2 Å². The molecule has 0 aliphatic rings. The number of methoxy groups -OCH3 is 1. The van der Waals surface area contributed by atoms with Crippen LogP contribution in [0.3, 0.4) is 0 Å². The first-order valence-corrected chi connectivity index (χ1v) is 5.87. The summed E-state index contributed by atoms with van der Waals surface area (Å²) in [6.07, 6.45) is 0. The van der Waals surface area contributed by atoms with E-state index in [-0.39, 0.29) is 24.9 Å². The molecule has 0 aromatic heterocycles. The van der Waals surface area contributed by atoms with Crippen LogP contribution < -0.4 is 15.8 Å². The van der Waals surface area contributed by atoms with E-state index in [1.54, 1.807) is 6.07 Å². The van der Waals surface area contributed by atoms with Crippen LogP contribution in [0.25, 0.3) is 0 Å². The number of halogens is 1. The van der Waals surface area contributed by atoms with Crippen LogP contribution in [0.4, 0.5) is 5.69 Å². The monoisotopic (exact) mass is 288 g/mol. The minimum Gasteiger partial charge on any atom is -0.492 e. The molecule has 0 aliphatic carbocycles. The highest BCUT2D eigenvalue weighted by molar-refractivity contribution is 5.96. The summed E-state index contributed by atoms with van der Waals surface area (Å²) in [6.45, 7) is 4.58. The molecule has 1 amide bonds. The molecule has 1 aromatic carbocycles. The van der Waals surface area contributed by atoms with Gasteiger partial charge in [0.1, 0.15) is 11.8 Å². The molecule has 0 saturated heterocycles. The molecule has 0 heterocycles. The predicted octanol–water partition coefficient (Wildman–Crippen LogP) is 1.73. The van der Waals surface area contributed by atoms with Gasteiger partial charge in [-0.2, -0.15) is 0 Å². The van der Waals surface area contributed by atoms with Crippen LogP contribution >= 0.6 is 12.4 Å². The molecular weight excluding hydrogens is 268 g/mol. The summed E-state index contributed by atoms with van der Waals surface area (Å²) >= 11 is 0. The summed E-state index contributed by atoms with van der Waals surface area (Å²) < 4.78 is 10.3. The maximum atomic E-state index is 11.8. The Labute approximate surface area is 119 Å². The molecule has 1 rings (SSSR count). The average molecular weight is 289 g/mol. The van der Waals surface area contributed by atoms with Crippen LogP contribution in [0.5, 0.6) is 5.75 Å². The fraction of sp³-hybridized carbons (Fsp3) is 0.462. The van der Waals surface area contributed by atoms with Crippen molar-refractivity contribution in [3.8, 4) is 5.75 Å². The second-order valence-electron chi connectivity index (χ2n) is 3.98. The molecule has 3 N–H and O–H groups in total. The van der Waals surface area contributed by atoms with Crippen LogP contribution in [-0.4, -0.2) is 32.3 Å². The Morgan fingerprint density at radius 3 is 2.74 bits per heavy atom. The summed E-state index contributed by atoms with van der Waals surface area (Å²) in [4.78, 5) is 11.8. The van der Waals surface area contributed by atoms with Crippen molar-refractivity contribution in [2.24, 2.45) is 5.73 Å². The molecule has 108 valence electrons. The Morgan fingerprint density at radius 2 is 2.16 bits per heavy atom. The number of nitrogens with one attached hydrogen (secondary N) is 1. The number of hydrogen-bond acceptors (Lipinski definition) is 4. The second kappa shape index (κ2) is 8.74. The molecule has 0 bridgehead atoms. The van der Waals surface area contributed by atoms with Crippen molar-refractivity contribution >= 4 is 24.0 Å². The summed E-state index contributed by atoms with van der Waals surface area (Å²) in [5.74, 6) is 0.358. The number of carbonyl (C=O) groups excluding carboxylic acids is 1. The predicted molar refractivity (Wildman–Crippen MR) is 78.1 cm³/mol. The molecule has 6 heteroatoms. The fourth-order valence-corrected chi connectivity index (χ4v) is 1.49. The van der Waals surface area contributed by atoms with Gasteiger partial charge in [-0.05, 0) is 31.5 Å². The summed E-state index contributed by atoms with van der Waals surface area (Å²) in [5.41, 5.74) is 7.34. The summed E-state index contributed by atoms with van der Waals surface area (Å²) in [6, 6.07) is 4.89. The number of aryl methyl sites for hydroxylation is 1. The van der Waals surface area contributed by atoms with E-state index in [4.69, 9.17) is 15.2 Å². The van der Waals surface area contributed by atoms with Gasteiger partial charge < -0.3 is 20.5 Å². The second-order valence-corrected chi connectivity index (χ2v) is 3.98. The highest BCUT2D eigenvalue weighted by Gasteiger charge is 2.15. The Morgan fingerprint density at radius 1 is 1.47 bits per heavy atom. The van der Waals surface area contributed by atoms with Crippen LogP contribution in [-0.2, 0) is 9.53 Å². The number of nitrogens with two attached hydrogens (primary N) is 1. The minimum atomic E-state index is -0.689. The maximum absolute atomic E-state index is 11.8. The first-order valence-electron chi connectivity index (χ1n) is 5.87. The lowest BCUT2D eigenvalue weighted by molar-refractivity contribution is -0.118. The van der Waals surface area contributed by atoms with Gasteiger partial charge in [0.15, 0.2) is 0 Å². The van der Waals surface area contributed by atoms with E-state index in [0.29, 0.717) is 18.0 Å². The first-order chi connectivity index (χ1) is 8.58. The molecule has 0 spiro atoms. The number of benzene rings is 1. The van der Waals surface area contributed by atoms with Crippen molar-refractivity contribution in [2.75, 3.05) is 25.6 Å². The Kier molecular flexibility index (Phi) is 8.14. The Hall–Kier alpha value is -1.30. The maximum Gasteiger partial charge on any atom is 0.243 e. The lowest BCUT2D eigenvalue weighted by Gasteiger charge is -2.15. The van der Waals surface area contributed by atoms with Gasteiger partial charge in [-0.3, -0.25) is 4.79 Å². The Bertz CT molecular complexity index is 413. The molecule has 0 fully saturated rings. The number of anilines is 1. The highest BCUT2D eigenvalue weighted by atomic mass is 35.5. The van der Waals surface area contributed by atoms with E-state index in [9.17, 15) is 4.79 Å². The van der Waals surface area contributed by atoms with E-state index in [1.165, 1.54) is 7.11 Å². The van der Waals surface area contributed by atoms with Crippen molar-refractivity contribution in [3.63, 3.8) is 0 Å². The van der Waals surface area contributed by atoms with Gasteiger partial charge in [-0.1, -0.05) is 6.07 Å². The molecular formula is C13H21ClN2O3.